The van der Waals surface area contributed by atoms with Gasteiger partial charge in [0, 0.05) is 17.7 Å². The molecule has 1 aromatic heterocycles. The molecule has 0 amide bonds. The minimum absolute atomic E-state index is 0.739. The average Bonchev–Trinajstić information content (AvgIpc) is 2.50. The molecule has 1 nitrogen and oxygen atoms in total. The molecule has 0 aliphatic carbocycles. The van der Waals surface area contributed by atoms with E-state index < -0.39 is 0 Å². The van der Waals surface area contributed by atoms with Gasteiger partial charge in [-0.25, -0.2) is 4.98 Å². The van der Waals surface area contributed by atoms with Crippen molar-refractivity contribution in [3.05, 3.63) is 16.1 Å². The van der Waals surface area contributed by atoms with Crippen molar-refractivity contribution in [2.24, 2.45) is 0 Å². The number of hydrogen-bond acceptors (Lipinski definition) is 2. The number of aryl methyl sites for hydroxylation is 2. The van der Waals surface area contributed by atoms with Crippen molar-refractivity contribution >= 4 is 22.9 Å². The molecule has 0 fully saturated rings. The van der Waals surface area contributed by atoms with E-state index in [2.05, 4.69) is 17.3 Å². The second-order valence-electron chi connectivity index (χ2n) is 2.78. The maximum Gasteiger partial charge on any atom is 0.0928 e. The molecule has 12 heavy (non-hydrogen) atoms. The molecule has 68 valence electrons. The lowest BCUT2D eigenvalue weighted by Gasteiger charge is -1.91. The van der Waals surface area contributed by atoms with E-state index >= 15 is 0 Å². The predicted octanol–water partition coefficient (Wildman–Crippen LogP) is 3.27. The Morgan fingerprint density at radius 3 is 3.00 bits per heavy atom. The minimum atomic E-state index is 0.739. The van der Waals surface area contributed by atoms with E-state index in [1.54, 1.807) is 11.3 Å². The summed E-state index contributed by atoms with van der Waals surface area (Å²) in [6.45, 7) is 2.18. The van der Waals surface area contributed by atoms with Crippen molar-refractivity contribution in [1.82, 2.24) is 4.98 Å². The van der Waals surface area contributed by atoms with E-state index in [0.29, 0.717) is 0 Å². The van der Waals surface area contributed by atoms with Gasteiger partial charge in [-0.3, -0.25) is 0 Å². The Morgan fingerprint density at radius 1 is 1.50 bits per heavy atom. The van der Waals surface area contributed by atoms with Crippen LogP contribution in [0.1, 0.15) is 30.5 Å². The van der Waals surface area contributed by atoms with Crippen LogP contribution in [0.3, 0.4) is 0 Å². The highest BCUT2D eigenvalue weighted by Crippen LogP contribution is 2.13. The van der Waals surface area contributed by atoms with Crippen molar-refractivity contribution < 1.29 is 0 Å². The quantitative estimate of drug-likeness (QED) is 0.670. The standard InChI is InChI=1S/C9H14ClNS/c1-2-4-8-7-12-9(11-8)5-3-6-10/h7H,2-6H2,1H3. The fraction of sp³-hybridized carbons (Fsp3) is 0.667. The smallest absolute Gasteiger partial charge is 0.0928 e. The lowest BCUT2D eigenvalue weighted by molar-refractivity contribution is 0.860. The molecule has 3 heteroatoms. The number of rotatable bonds is 5. The summed E-state index contributed by atoms with van der Waals surface area (Å²) < 4.78 is 0. The molecule has 0 spiro atoms. The van der Waals surface area contributed by atoms with Gasteiger partial charge in [0.15, 0.2) is 0 Å². The van der Waals surface area contributed by atoms with Gasteiger partial charge in [-0.15, -0.1) is 22.9 Å². The van der Waals surface area contributed by atoms with Gasteiger partial charge in [0.05, 0.1) is 10.7 Å². The zero-order chi connectivity index (χ0) is 8.81. The first-order chi connectivity index (χ1) is 5.86. The molecular formula is C9H14ClNS. The fourth-order valence-electron chi connectivity index (χ4n) is 1.05. The summed E-state index contributed by atoms with van der Waals surface area (Å²) in [7, 11) is 0. The van der Waals surface area contributed by atoms with Gasteiger partial charge in [0.2, 0.25) is 0 Å². The molecule has 0 saturated heterocycles. The normalized spacial score (nSPS) is 10.5. The number of aromatic nitrogens is 1. The van der Waals surface area contributed by atoms with Crippen LogP contribution in [0, 0.1) is 0 Å². The van der Waals surface area contributed by atoms with E-state index in [1.807, 2.05) is 0 Å². The lowest BCUT2D eigenvalue weighted by Crippen LogP contribution is -1.87. The van der Waals surface area contributed by atoms with E-state index in [1.165, 1.54) is 17.1 Å². The highest BCUT2D eigenvalue weighted by molar-refractivity contribution is 7.09. The van der Waals surface area contributed by atoms with Crippen LogP contribution < -0.4 is 0 Å². The lowest BCUT2D eigenvalue weighted by atomic mass is 10.3. The van der Waals surface area contributed by atoms with Gasteiger partial charge >= 0.3 is 0 Å². The second kappa shape index (κ2) is 5.55. The van der Waals surface area contributed by atoms with E-state index in [-0.39, 0.29) is 0 Å². The monoisotopic (exact) mass is 203 g/mol. The van der Waals surface area contributed by atoms with Crippen LogP contribution in [0.2, 0.25) is 0 Å². The average molecular weight is 204 g/mol. The number of halogens is 1. The third-order valence-electron chi connectivity index (χ3n) is 1.63. The first-order valence-electron chi connectivity index (χ1n) is 4.36. The summed E-state index contributed by atoms with van der Waals surface area (Å²) >= 11 is 7.36. The number of alkyl halides is 1. The van der Waals surface area contributed by atoms with Crippen LogP contribution in [0.4, 0.5) is 0 Å². The SMILES string of the molecule is CCCc1csc(CCCCl)n1. The van der Waals surface area contributed by atoms with Crippen molar-refractivity contribution in [1.29, 1.82) is 0 Å². The van der Waals surface area contributed by atoms with Crippen LogP contribution in [0.25, 0.3) is 0 Å². The molecule has 0 aliphatic heterocycles. The molecule has 0 aromatic carbocycles. The van der Waals surface area contributed by atoms with Crippen LogP contribution in [-0.2, 0) is 12.8 Å². The highest BCUT2D eigenvalue weighted by atomic mass is 35.5. The van der Waals surface area contributed by atoms with E-state index in [4.69, 9.17) is 11.6 Å². The van der Waals surface area contributed by atoms with Gasteiger partial charge in [0.25, 0.3) is 0 Å². The van der Waals surface area contributed by atoms with E-state index in [9.17, 15) is 0 Å². The van der Waals surface area contributed by atoms with E-state index in [0.717, 1.165) is 25.1 Å². The Morgan fingerprint density at radius 2 is 2.33 bits per heavy atom. The maximum absolute atomic E-state index is 5.60. The topological polar surface area (TPSA) is 12.9 Å². The second-order valence-corrected chi connectivity index (χ2v) is 4.10. The summed E-state index contributed by atoms with van der Waals surface area (Å²) in [5, 5.41) is 3.40. The van der Waals surface area contributed by atoms with Crippen LogP contribution in [0.5, 0.6) is 0 Å². The Balaban J connectivity index is 2.41. The minimum Gasteiger partial charge on any atom is -0.246 e. The summed E-state index contributed by atoms with van der Waals surface area (Å²) in [5.74, 6) is 0.739. The highest BCUT2D eigenvalue weighted by Gasteiger charge is 1.99. The van der Waals surface area contributed by atoms with Crippen LogP contribution >= 0.6 is 22.9 Å². The van der Waals surface area contributed by atoms with Gasteiger partial charge in [-0.05, 0) is 12.8 Å². The molecule has 0 unspecified atom stereocenters. The third kappa shape index (κ3) is 3.11. The fourth-order valence-corrected chi connectivity index (χ4v) is 2.06. The van der Waals surface area contributed by atoms with Gasteiger partial charge in [0.1, 0.15) is 0 Å². The zero-order valence-electron chi connectivity index (χ0n) is 7.35. The number of hydrogen-bond donors (Lipinski definition) is 0. The molecule has 0 N–H and O–H groups in total. The Bertz CT molecular complexity index is 222. The summed E-state index contributed by atoms with van der Waals surface area (Å²) in [5.41, 5.74) is 1.24. The Hall–Kier alpha value is -0.0800. The summed E-state index contributed by atoms with van der Waals surface area (Å²) in [4.78, 5) is 4.50. The van der Waals surface area contributed by atoms with Crippen molar-refractivity contribution in [2.45, 2.75) is 32.6 Å². The third-order valence-corrected chi connectivity index (χ3v) is 2.85. The molecule has 1 rings (SSSR count). The van der Waals surface area contributed by atoms with Gasteiger partial charge < -0.3 is 0 Å². The number of thiazole rings is 1. The first-order valence-corrected chi connectivity index (χ1v) is 5.77. The molecule has 1 heterocycles. The molecule has 0 saturated carbocycles. The summed E-state index contributed by atoms with van der Waals surface area (Å²) in [6.07, 6.45) is 4.37. The Labute approximate surface area is 82.8 Å². The van der Waals surface area contributed by atoms with Crippen LogP contribution in [0.15, 0.2) is 5.38 Å². The van der Waals surface area contributed by atoms with Gasteiger partial charge in [-0.2, -0.15) is 0 Å². The van der Waals surface area contributed by atoms with Crippen molar-refractivity contribution in [3.8, 4) is 0 Å². The molecule has 1 aromatic rings. The van der Waals surface area contributed by atoms with Crippen molar-refractivity contribution in [3.63, 3.8) is 0 Å². The van der Waals surface area contributed by atoms with Gasteiger partial charge in [-0.1, -0.05) is 13.3 Å². The first kappa shape index (κ1) is 10.0. The molecule has 0 radical (unpaired) electrons. The zero-order valence-corrected chi connectivity index (χ0v) is 8.92. The number of nitrogens with zero attached hydrogens (tertiary/aromatic N) is 1. The molecule has 0 aliphatic rings. The molecular weight excluding hydrogens is 190 g/mol. The van der Waals surface area contributed by atoms with Crippen LogP contribution in [-0.4, -0.2) is 10.9 Å². The molecule has 0 atom stereocenters. The Kier molecular flexibility index (Phi) is 4.62. The largest absolute Gasteiger partial charge is 0.246 e. The summed E-state index contributed by atoms with van der Waals surface area (Å²) in [6, 6.07) is 0. The maximum atomic E-state index is 5.60. The molecule has 0 bridgehead atoms. The predicted molar refractivity (Wildman–Crippen MR) is 55.2 cm³/mol. The van der Waals surface area contributed by atoms with Crippen molar-refractivity contribution in [2.75, 3.05) is 5.88 Å².